The van der Waals surface area contributed by atoms with Crippen molar-refractivity contribution in [2.75, 3.05) is 0 Å². The Bertz CT molecular complexity index is 878. The van der Waals surface area contributed by atoms with E-state index in [1.165, 1.54) is 5.56 Å². The molecule has 0 bridgehead atoms. The first-order valence-corrected chi connectivity index (χ1v) is 9.11. The normalized spacial score (nSPS) is 10.7. The van der Waals surface area contributed by atoms with Crippen molar-refractivity contribution in [1.82, 2.24) is 15.0 Å². The fourth-order valence-corrected chi connectivity index (χ4v) is 3.48. The maximum absolute atomic E-state index is 4.86. The summed E-state index contributed by atoms with van der Waals surface area (Å²) in [5, 5.41) is 0.918. The van der Waals surface area contributed by atoms with Gasteiger partial charge >= 0.3 is 0 Å². The van der Waals surface area contributed by atoms with Crippen molar-refractivity contribution in [2.45, 2.75) is 10.9 Å². The Morgan fingerprint density at radius 1 is 0.800 bits per heavy atom. The van der Waals surface area contributed by atoms with E-state index in [9.17, 15) is 0 Å². The molecule has 122 valence electrons. The summed E-state index contributed by atoms with van der Waals surface area (Å²) in [4.78, 5) is 12.5. The molecule has 0 aliphatic carbocycles. The Morgan fingerprint density at radius 3 is 2.20 bits per heavy atom. The molecule has 2 aromatic heterocycles. The summed E-state index contributed by atoms with van der Waals surface area (Å²) in [5.41, 5.74) is 5.49. The van der Waals surface area contributed by atoms with E-state index in [-0.39, 0.29) is 0 Å². The molecule has 0 aliphatic rings. The number of rotatable bonds is 5. The zero-order valence-corrected chi connectivity index (χ0v) is 14.4. The summed E-state index contributed by atoms with van der Waals surface area (Å²) in [6.45, 7) is 0. The van der Waals surface area contributed by atoms with Gasteiger partial charge in [0.15, 0.2) is 5.16 Å². The smallest absolute Gasteiger partial charge is 0.166 e. The zero-order chi connectivity index (χ0) is 16.9. The molecular formula is C21H17N3S. The van der Waals surface area contributed by atoms with E-state index in [0.29, 0.717) is 0 Å². The number of nitrogens with zero attached hydrogens (tertiary/aromatic N) is 2. The first-order valence-electron chi connectivity index (χ1n) is 8.13. The van der Waals surface area contributed by atoms with E-state index in [1.807, 2.05) is 48.7 Å². The lowest BCUT2D eigenvalue weighted by molar-refractivity contribution is 1.06. The van der Waals surface area contributed by atoms with Crippen molar-refractivity contribution >= 4 is 11.8 Å². The van der Waals surface area contributed by atoms with Crippen LogP contribution >= 0.6 is 11.8 Å². The van der Waals surface area contributed by atoms with Crippen LogP contribution < -0.4 is 0 Å². The average molecular weight is 343 g/mol. The van der Waals surface area contributed by atoms with Gasteiger partial charge in [-0.3, -0.25) is 4.98 Å². The van der Waals surface area contributed by atoms with Crippen LogP contribution in [0.4, 0.5) is 0 Å². The van der Waals surface area contributed by atoms with E-state index in [1.54, 1.807) is 18.0 Å². The summed E-state index contributed by atoms with van der Waals surface area (Å²) in [6.07, 6.45) is 3.69. The van der Waals surface area contributed by atoms with Gasteiger partial charge in [0.1, 0.15) is 0 Å². The van der Waals surface area contributed by atoms with E-state index in [4.69, 9.17) is 4.98 Å². The van der Waals surface area contributed by atoms with Gasteiger partial charge in [0.05, 0.1) is 11.4 Å². The number of H-pyrrole nitrogens is 1. The standard InChI is InChI=1S/C21H17N3S/c1-3-9-17(10-4-1)19-20(18-11-5-2-6-12-18)24-21(23-19)25-15-16-8-7-13-22-14-16/h1-14H,15H2,(H,23,24). The van der Waals surface area contributed by atoms with E-state index in [0.717, 1.165) is 33.4 Å². The van der Waals surface area contributed by atoms with Crippen molar-refractivity contribution in [3.05, 3.63) is 90.8 Å². The van der Waals surface area contributed by atoms with Gasteiger partial charge in [0, 0.05) is 29.3 Å². The average Bonchev–Trinajstić information content (AvgIpc) is 3.13. The Morgan fingerprint density at radius 2 is 1.52 bits per heavy atom. The van der Waals surface area contributed by atoms with E-state index < -0.39 is 0 Å². The molecule has 0 spiro atoms. The Kier molecular flexibility index (Phi) is 4.61. The molecule has 1 N–H and O–H groups in total. The maximum atomic E-state index is 4.86. The number of benzene rings is 2. The van der Waals surface area contributed by atoms with Crippen LogP contribution in [0.5, 0.6) is 0 Å². The SMILES string of the molecule is c1ccc(-c2nc(SCc3cccnc3)[nH]c2-c2ccccc2)cc1. The minimum Gasteiger partial charge on any atom is -0.332 e. The van der Waals surface area contributed by atoms with E-state index >= 15 is 0 Å². The largest absolute Gasteiger partial charge is 0.332 e. The summed E-state index contributed by atoms with van der Waals surface area (Å²) < 4.78 is 0. The summed E-state index contributed by atoms with van der Waals surface area (Å²) >= 11 is 1.69. The lowest BCUT2D eigenvalue weighted by Gasteiger charge is -2.02. The van der Waals surface area contributed by atoms with Gasteiger partial charge in [-0.05, 0) is 11.6 Å². The molecule has 2 heterocycles. The molecule has 0 fully saturated rings. The maximum Gasteiger partial charge on any atom is 0.166 e. The molecule has 0 atom stereocenters. The van der Waals surface area contributed by atoms with E-state index in [2.05, 4.69) is 40.3 Å². The number of nitrogens with one attached hydrogen (secondary N) is 1. The van der Waals surface area contributed by atoms with Crippen LogP contribution in [0, 0.1) is 0 Å². The first kappa shape index (κ1) is 15.7. The van der Waals surface area contributed by atoms with Crippen LogP contribution in [0.15, 0.2) is 90.3 Å². The number of aromatic amines is 1. The molecule has 3 nitrogen and oxygen atoms in total. The third-order valence-corrected chi connectivity index (χ3v) is 4.83. The number of pyridine rings is 1. The summed E-state index contributed by atoms with van der Waals surface area (Å²) in [6, 6.07) is 24.7. The third-order valence-electron chi connectivity index (χ3n) is 3.89. The number of thioether (sulfide) groups is 1. The zero-order valence-electron chi connectivity index (χ0n) is 13.6. The highest BCUT2D eigenvalue weighted by Crippen LogP contribution is 2.33. The van der Waals surface area contributed by atoms with Crippen molar-refractivity contribution in [2.24, 2.45) is 0 Å². The molecule has 0 aliphatic heterocycles. The Labute approximate surface area is 151 Å². The molecule has 25 heavy (non-hydrogen) atoms. The van der Waals surface area contributed by atoms with Crippen molar-refractivity contribution in [1.29, 1.82) is 0 Å². The van der Waals surface area contributed by atoms with Crippen LogP contribution in [0.25, 0.3) is 22.5 Å². The van der Waals surface area contributed by atoms with Crippen molar-refractivity contribution in [3.8, 4) is 22.5 Å². The second-order valence-electron chi connectivity index (χ2n) is 5.65. The van der Waals surface area contributed by atoms with Crippen LogP contribution in [-0.2, 0) is 5.75 Å². The third kappa shape index (κ3) is 3.64. The number of aromatic nitrogens is 3. The predicted molar refractivity (Wildman–Crippen MR) is 103 cm³/mol. The quantitative estimate of drug-likeness (QED) is 0.491. The lowest BCUT2D eigenvalue weighted by atomic mass is 10.1. The van der Waals surface area contributed by atoms with Gasteiger partial charge in [-0.25, -0.2) is 4.98 Å². The molecule has 4 aromatic rings. The first-order chi connectivity index (χ1) is 12.4. The second kappa shape index (κ2) is 7.36. The molecule has 2 aromatic carbocycles. The topological polar surface area (TPSA) is 41.6 Å². The van der Waals surface area contributed by atoms with Gasteiger partial charge in [-0.15, -0.1) is 0 Å². The molecule has 0 amide bonds. The van der Waals surface area contributed by atoms with Crippen LogP contribution in [-0.4, -0.2) is 15.0 Å². The number of hydrogen-bond donors (Lipinski definition) is 1. The van der Waals surface area contributed by atoms with Gasteiger partial charge in [-0.1, -0.05) is 78.5 Å². The highest BCUT2D eigenvalue weighted by Gasteiger charge is 2.14. The molecule has 0 radical (unpaired) electrons. The summed E-state index contributed by atoms with van der Waals surface area (Å²) in [5.74, 6) is 0.837. The molecular weight excluding hydrogens is 326 g/mol. The molecule has 0 saturated carbocycles. The monoisotopic (exact) mass is 343 g/mol. The minimum atomic E-state index is 0.837. The molecule has 0 saturated heterocycles. The van der Waals surface area contributed by atoms with Gasteiger partial charge in [0.2, 0.25) is 0 Å². The predicted octanol–water partition coefficient (Wildman–Crippen LogP) is 5.43. The Balaban J connectivity index is 1.68. The van der Waals surface area contributed by atoms with Crippen LogP contribution in [0.3, 0.4) is 0 Å². The Hall–Kier alpha value is -2.85. The number of hydrogen-bond acceptors (Lipinski definition) is 3. The van der Waals surface area contributed by atoms with Crippen LogP contribution in [0.2, 0.25) is 0 Å². The van der Waals surface area contributed by atoms with Crippen molar-refractivity contribution in [3.63, 3.8) is 0 Å². The lowest BCUT2D eigenvalue weighted by Crippen LogP contribution is -1.83. The van der Waals surface area contributed by atoms with Gasteiger partial charge in [0.25, 0.3) is 0 Å². The molecule has 0 unspecified atom stereocenters. The fraction of sp³-hybridized carbons (Fsp3) is 0.0476. The molecule has 4 heteroatoms. The summed E-state index contributed by atoms with van der Waals surface area (Å²) in [7, 11) is 0. The van der Waals surface area contributed by atoms with Crippen LogP contribution in [0.1, 0.15) is 5.56 Å². The number of imidazole rings is 1. The molecule has 4 rings (SSSR count). The van der Waals surface area contributed by atoms with Gasteiger partial charge in [-0.2, -0.15) is 0 Å². The second-order valence-corrected chi connectivity index (χ2v) is 6.61. The highest BCUT2D eigenvalue weighted by atomic mass is 32.2. The highest BCUT2D eigenvalue weighted by molar-refractivity contribution is 7.98. The fourth-order valence-electron chi connectivity index (χ4n) is 2.67. The van der Waals surface area contributed by atoms with Gasteiger partial charge < -0.3 is 4.98 Å². The van der Waals surface area contributed by atoms with Crippen molar-refractivity contribution < 1.29 is 0 Å². The minimum absolute atomic E-state index is 0.837.